The fourth-order valence-corrected chi connectivity index (χ4v) is 2.68. The van der Waals surface area contributed by atoms with Gasteiger partial charge >= 0.3 is 0 Å². The average Bonchev–Trinajstić information content (AvgIpc) is 2.18. The Kier molecular flexibility index (Phi) is 4.72. The van der Waals surface area contributed by atoms with E-state index in [-0.39, 0.29) is 18.1 Å². The summed E-state index contributed by atoms with van der Waals surface area (Å²) in [6, 6.07) is 6.69. The minimum atomic E-state index is -3.09. The van der Waals surface area contributed by atoms with Crippen molar-refractivity contribution >= 4 is 21.4 Å². The zero-order chi connectivity index (χ0) is 13.8. The van der Waals surface area contributed by atoms with Gasteiger partial charge in [0, 0.05) is 18.0 Å². The zero-order valence-electron chi connectivity index (χ0n) is 10.5. The SMILES string of the molecule is CC(CS(C)(=O)=O)NC(=O)Cc1ccccc1N. The number of carbonyl (C=O) groups excluding carboxylic acids is 1. The van der Waals surface area contributed by atoms with Gasteiger partial charge in [-0.05, 0) is 18.6 Å². The number of anilines is 1. The van der Waals surface area contributed by atoms with Crippen LogP contribution in [0.1, 0.15) is 12.5 Å². The molecule has 0 aliphatic heterocycles. The topological polar surface area (TPSA) is 89.3 Å². The van der Waals surface area contributed by atoms with Gasteiger partial charge in [-0.3, -0.25) is 4.79 Å². The zero-order valence-corrected chi connectivity index (χ0v) is 11.3. The maximum Gasteiger partial charge on any atom is 0.224 e. The molecule has 1 aromatic carbocycles. The van der Waals surface area contributed by atoms with Gasteiger partial charge in [0.2, 0.25) is 5.91 Å². The molecule has 1 rings (SSSR count). The van der Waals surface area contributed by atoms with Crippen LogP contribution in [0.3, 0.4) is 0 Å². The molecule has 1 aromatic rings. The van der Waals surface area contributed by atoms with Gasteiger partial charge in [-0.2, -0.15) is 0 Å². The third-order valence-electron chi connectivity index (χ3n) is 2.37. The lowest BCUT2D eigenvalue weighted by atomic mass is 10.1. The molecule has 100 valence electrons. The molecule has 1 amide bonds. The molecule has 1 atom stereocenters. The van der Waals surface area contributed by atoms with E-state index in [2.05, 4.69) is 5.32 Å². The number of amides is 1. The van der Waals surface area contributed by atoms with Crippen LogP contribution in [-0.2, 0) is 21.1 Å². The number of nitrogens with two attached hydrogens (primary N) is 1. The average molecular weight is 270 g/mol. The largest absolute Gasteiger partial charge is 0.398 e. The second-order valence-electron chi connectivity index (χ2n) is 4.44. The van der Waals surface area contributed by atoms with E-state index in [4.69, 9.17) is 5.73 Å². The molecule has 0 saturated heterocycles. The highest BCUT2D eigenvalue weighted by atomic mass is 32.2. The lowest BCUT2D eigenvalue weighted by Crippen LogP contribution is -2.38. The number of sulfone groups is 1. The molecule has 18 heavy (non-hydrogen) atoms. The van der Waals surface area contributed by atoms with Gasteiger partial charge in [-0.1, -0.05) is 18.2 Å². The van der Waals surface area contributed by atoms with Crippen LogP contribution in [0.25, 0.3) is 0 Å². The molecule has 0 aliphatic rings. The van der Waals surface area contributed by atoms with Crippen molar-refractivity contribution in [3.8, 4) is 0 Å². The second-order valence-corrected chi connectivity index (χ2v) is 6.62. The summed E-state index contributed by atoms with van der Waals surface area (Å²) in [6.45, 7) is 1.66. The lowest BCUT2D eigenvalue weighted by Gasteiger charge is -2.13. The third kappa shape index (κ3) is 5.18. The van der Waals surface area contributed by atoms with Crippen LogP contribution in [0.5, 0.6) is 0 Å². The number of rotatable bonds is 5. The lowest BCUT2D eigenvalue weighted by molar-refractivity contribution is -0.120. The van der Waals surface area contributed by atoms with Crippen molar-refractivity contribution in [3.05, 3.63) is 29.8 Å². The Morgan fingerprint density at radius 3 is 2.56 bits per heavy atom. The molecular weight excluding hydrogens is 252 g/mol. The Bertz CT molecular complexity index is 526. The molecule has 0 radical (unpaired) electrons. The molecule has 1 unspecified atom stereocenters. The Morgan fingerprint density at radius 2 is 2.00 bits per heavy atom. The summed E-state index contributed by atoms with van der Waals surface area (Å²) in [5.41, 5.74) is 7.02. The van der Waals surface area contributed by atoms with Crippen molar-refractivity contribution < 1.29 is 13.2 Å². The molecule has 6 heteroatoms. The summed E-state index contributed by atoms with van der Waals surface area (Å²) in [4.78, 5) is 11.7. The first-order chi connectivity index (χ1) is 8.28. The van der Waals surface area contributed by atoms with E-state index in [0.717, 1.165) is 11.8 Å². The van der Waals surface area contributed by atoms with E-state index in [1.165, 1.54) is 0 Å². The first-order valence-electron chi connectivity index (χ1n) is 5.58. The minimum absolute atomic E-state index is 0.0665. The standard InChI is InChI=1S/C12H18N2O3S/c1-9(8-18(2,16)17)14-12(15)7-10-5-3-4-6-11(10)13/h3-6,9H,7-8,13H2,1-2H3,(H,14,15). The number of benzene rings is 1. The number of hydrogen-bond donors (Lipinski definition) is 2. The van der Waals surface area contributed by atoms with Crippen LogP contribution in [0.15, 0.2) is 24.3 Å². The molecule has 0 aromatic heterocycles. The van der Waals surface area contributed by atoms with Crippen LogP contribution in [-0.4, -0.2) is 32.4 Å². The van der Waals surface area contributed by atoms with Gasteiger partial charge in [-0.15, -0.1) is 0 Å². The quantitative estimate of drug-likeness (QED) is 0.756. The van der Waals surface area contributed by atoms with Gasteiger partial charge in [-0.25, -0.2) is 8.42 Å². The molecule has 5 nitrogen and oxygen atoms in total. The summed E-state index contributed by atoms with van der Waals surface area (Å²) >= 11 is 0. The Labute approximate surface area is 107 Å². The number of carbonyl (C=O) groups is 1. The maximum atomic E-state index is 11.7. The van der Waals surface area contributed by atoms with Gasteiger partial charge in [0.15, 0.2) is 0 Å². The van der Waals surface area contributed by atoms with Crippen molar-refractivity contribution in [3.63, 3.8) is 0 Å². The Balaban J connectivity index is 2.55. The number of nitrogen functional groups attached to an aromatic ring is 1. The number of hydrogen-bond acceptors (Lipinski definition) is 4. The smallest absolute Gasteiger partial charge is 0.224 e. The highest BCUT2D eigenvalue weighted by Crippen LogP contribution is 2.10. The Morgan fingerprint density at radius 1 is 1.39 bits per heavy atom. The molecular formula is C12H18N2O3S. The van der Waals surface area contributed by atoms with Gasteiger partial charge in [0.05, 0.1) is 12.2 Å². The van der Waals surface area contributed by atoms with Crippen LogP contribution in [0, 0.1) is 0 Å². The minimum Gasteiger partial charge on any atom is -0.398 e. The van der Waals surface area contributed by atoms with Crippen molar-refractivity contribution in [2.75, 3.05) is 17.7 Å². The normalized spacial score (nSPS) is 13.0. The predicted octanol–water partition coefficient (Wildman–Crippen LogP) is 0.361. The van der Waals surface area contributed by atoms with Crippen LogP contribution in [0.4, 0.5) is 5.69 Å². The fourth-order valence-electron chi connectivity index (χ4n) is 1.69. The summed E-state index contributed by atoms with van der Waals surface area (Å²) < 4.78 is 22.1. The van der Waals surface area contributed by atoms with Crippen molar-refractivity contribution in [1.29, 1.82) is 0 Å². The van der Waals surface area contributed by atoms with Gasteiger partial charge in [0.1, 0.15) is 9.84 Å². The van der Waals surface area contributed by atoms with Crippen LogP contribution >= 0.6 is 0 Å². The van der Waals surface area contributed by atoms with Crippen LogP contribution < -0.4 is 11.1 Å². The van der Waals surface area contributed by atoms with Gasteiger partial charge in [0.25, 0.3) is 0 Å². The van der Waals surface area contributed by atoms with E-state index < -0.39 is 15.9 Å². The van der Waals surface area contributed by atoms with Crippen molar-refractivity contribution in [1.82, 2.24) is 5.32 Å². The molecule has 0 heterocycles. The first kappa shape index (κ1) is 14.5. The van der Waals surface area contributed by atoms with Crippen LogP contribution in [0.2, 0.25) is 0 Å². The Hall–Kier alpha value is -1.56. The molecule has 0 saturated carbocycles. The summed E-state index contributed by atoms with van der Waals surface area (Å²) in [5, 5.41) is 2.64. The molecule has 0 aliphatic carbocycles. The predicted molar refractivity (Wildman–Crippen MR) is 71.9 cm³/mol. The van der Waals surface area contributed by atoms with Gasteiger partial charge < -0.3 is 11.1 Å². The summed E-state index contributed by atoms with van der Waals surface area (Å²) in [5.74, 6) is -0.299. The monoisotopic (exact) mass is 270 g/mol. The fraction of sp³-hybridized carbons (Fsp3) is 0.417. The molecule has 0 fully saturated rings. The van der Waals surface area contributed by atoms with E-state index in [9.17, 15) is 13.2 Å². The molecule has 0 bridgehead atoms. The number of nitrogens with one attached hydrogen (secondary N) is 1. The molecule has 0 spiro atoms. The van der Waals surface area contributed by atoms with E-state index in [1.54, 1.807) is 31.2 Å². The summed E-state index contributed by atoms with van der Waals surface area (Å²) in [6.07, 6.45) is 1.30. The van der Waals surface area contributed by atoms with E-state index in [1.807, 2.05) is 0 Å². The maximum absolute atomic E-state index is 11.7. The third-order valence-corrected chi connectivity index (χ3v) is 3.47. The van der Waals surface area contributed by atoms with E-state index in [0.29, 0.717) is 5.69 Å². The van der Waals surface area contributed by atoms with E-state index >= 15 is 0 Å². The van der Waals surface area contributed by atoms with Crippen molar-refractivity contribution in [2.24, 2.45) is 0 Å². The summed E-state index contributed by atoms with van der Waals surface area (Å²) in [7, 11) is -3.09. The van der Waals surface area contributed by atoms with Crippen molar-refractivity contribution in [2.45, 2.75) is 19.4 Å². The number of para-hydroxylation sites is 1. The second kappa shape index (κ2) is 5.86. The molecule has 3 N–H and O–H groups in total. The highest BCUT2D eigenvalue weighted by molar-refractivity contribution is 7.90. The first-order valence-corrected chi connectivity index (χ1v) is 7.64. The highest BCUT2D eigenvalue weighted by Gasteiger charge is 2.13.